The maximum atomic E-state index is 13.2. The van der Waals surface area contributed by atoms with Gasteiger partial charge in [0.25, 0.3) is 0 Å². The lowest BCUT2D eigenvalue weighted by Crippen LogP contribution is -2.25. The molecule has 0 aliphatic carbocycles. The summed E-state index contributed by atoms with van der Waals surface area (Å²) in [4.78, 5) is 0. The Morgan fingerprint density at radius 1 is 0.917 bits per heavy atom. The van der Waals surface area contributed by atoms with Crippen LogP contribution in [0.15, 0.2) is 24.3 Å². The first-order valence-corrected chi connectivity index (χ1v) is 9.53. The fourth-order valence-electron chi connectivity index (χ4n) is 3.58. The highest BCUT2D eigenvalue weighted by atomic mass is 31.2. The predicted octanol–water partition coefficient (Wildman–Crippen LogP) is 4.43. The minimum absolute atomic E-state index is 0.0162. The molecular formula is C18H19O5P. The molecule has 0 unspecified atom stereocenters. The minimum Gasteiger partial charge on any atom is -0.496 e. The summed E-state index contributed by atoms with van der Waals surface area (Å²) in [5.74, 6) is 2.65. The molecule has 126 valence electrons. The summed E-state index contributed by atoms with van der Waals surface area (Å²) in [6, 6.07) is 7.84. The molecule has 5 nitrogen and oxygen atoms in total. The van der Waals surface area contributed by atoms with Crippen molar-refractivity contribution < 1.29 is 23.1 Å². The number of fused-ring (bicyclic) bond motifs is 6. The molecular weight excluding hydrogens is 327 g/mol. The molecule has 2 bridgehead atoms. The first-order valence-electron chi connectivity index (χ1n) is 7.80. The number of methoxy groups -OCH3 is 2. The van der Waals surface area contributed by atoms with Gasteiger partial charge in [-0.3, -0.25) is 0 Å². The summed E-state index contributed by atoms with van der Waals surface area (Å²) in [7, 11) is -0.0279. The van der Waals surface area contributed by atoms with Gasteiger partial charge in [0.15, 0.2) is 0 Å². The normalized spacial score (nSPS) is 23.4. The lowest BCUT2D eigenvalue weighted by atomic mass is 9.88. The Balaban J connectivity index is 1.96. The van der Waals surface area contributed by atoms with E-state index in [0.29, 0.717) is 29.2 Å². The van der Waals surface area contributed by atoms with Crippen LogP contribution in [0, 0.1) is 13.8 Å². The van der Waals surface area contributed by atoms with Gasteiger partial charge in [0.05, 0.1) is 20.4 Å². The SMILES string of the molecule is COc1ccc2c(c1C)OP1(=O)CC2c2ccc(OC)c(C)c2O1. The highest BCUT2D eigenvalue weighted by molar-refractivity contribution is 7.55. The van der Waals surface area contributed by atoms with Crippen LogP contribution in [0.3, 0.4) is 0 Å². The Labute approximate surface area is 141 Å². The molecule has 0 N–H and O–H groups in total. The molecule has 2 aromatic rings. The quantitative estimate of drug-likeness (QED) is 0.753. The van der Waals surface area contributed by atoms with Gasteiger partial charge in [-0.1, -0.05) is 12.1 Å². The smallest absolute Gasteiger partial charge is 0.431 e. The molecule has 2 heterocycles. The van der Waals surface area contributed by atoms with Gasteiger partial charge >= 0.3 is 7.60 Å². The summed E-state index contributed by atoms with van der Waals surface area (Å²) in [5.41, 5.74) is 3.73. The molecule has 0 amide bonds. The van der Waals surface area contributed by atoms with E-state index in [9.17, 15) is 4.57 Å². The largest absolute Gasteiger partial charge is 0.496 e. The van der Waals surface area contributed by atoms with Gasteiger partial charge in [-0.15, -0.1) is 0 Å². The van der Waals surface area contributed by atoms with Crippen LogP contribution in [0.2, 0.25) is 0 Å². The Hall–Kier alpha value is -2.13. The third-order valence-corrected chi connectivity index (χ3v) is 6.56. The van der Waals surface area contributed by atoms with Gasteiger partial charge in [0.1, 0.15) is 23.0 Å². The summed E-state index contributed by atoms with van der Waals surface area (Å²) in [6.45, 7) is 3.82. The van der Waals surface area contributed by atoms with Crippen LogP contribution in [0.5, 0.6) is 23.0 Å². The number of ether oxygens (including phenoxy) is 2. The average Bonchev–Trinajstić information content (AvgIpc) is 2.57. The second-order valence-corrected chi connectivity index (χ2v) is 8.10. The van der Waals surface area contributed by atoms with Crippen molar-refractivity contribution in [2.24, 2.45) is 0 Å². The number of hydrogen-bond acceptors (Lipinski definition) is 5. The van der Waals surface area contributed by atoms with E-state index in [0.717, 1.165) is 22.3 Å². The highest BCUT2D eigenvalue weighted by Crippen LogP contribution is 2.65. The van der Waals surface area contributed by atoms with E-state index >= 15 is 0 Å². The Morgan fingerprint density at radius 3 is 1.79 bits per heavy atom. The molecule has 0 saturated carbocycles. The van der Waals surface area contributed by atoms with Crippen LogP contribution in [-0.4, -0.2) is 20.4 Å². The highest BCUT2D eigenvalue weighted by Gasteiger charge is 2.46. The summed E-state index contributed by atoms with van der Waals surface area (Å²) >= 11 is 0. The first kappa shape index (κ1) is 15.4. The van der Waals surface area contributed by atoms with Crippen LogP contribution in [0.1, 0.15) is 28.2 Å². The summed E-state index contributed by atoms with van der Waals surface area (Å²) in [5, 5.41) is 0. The van der Waals surface area contributed by atoms with Gasteiger partial charge in [0.2, 0.25) is 0 Å². The number of benzene rings is 2. The van der Waals surface area contributed by atoms with Crippen molar-refractivity contribution in [1.82, 2.24) is 0 Å². The lowest BCUT2D eigenvalue weighted by molar-refractivity contribution is 0.348. The van der Waals surface area contributed by atoms with E-state index in [2.05, 4.69) is 0 Å². The summed E-state index contributed by atoms with van der Waals surface area (Å²) < 4.78 is 35.6. The molecule has 2 aromatic carbocycles. The van der Waals surface area contributed by atoms with Crippen molar-refractivity contribution in [2.75, 3.05) is 20.4 Å². The van der Waals surface area contributed by atoms with E-state index in [1.54, 1.807) is 14.2 Å². The standard InChI is InChI=1S/C18H19O5P/c1-10-15(20-3)7-5-12-14-9-24(19,22-17(10)12)23-18-11(2)16(21-4)8-6-13(14)18/h5-8,14H,9H2,1-4H3. The van der Waals surface area contributed by atoms with Gasteiger partial charge in [-0.05, 0) is 26.0 Å². The third-order valence-electron chi connectivity index (χ3n) is 4.83. The molecule has 0 fully saturated rings. The molecule has 24 heavy (non-hydrogen) atoms. The zero-order valence-electron chi connectivity index (χ0n) is 14.1. The van der Waals surface area contributed by atoms with Crippen molar-refractivity contribution in [1.29, 1.82) is 0 Å². The van der Waals surface area contributed by atoms with Crippen LogP contribution in [0.4, 0.5) is 0 Å². The fourth-order valence-corrected chi connectivity index (χ4v) is 5.65. The first-order chi connectivity index (χ1) is 11.5. The van der Waals surface area contributed by atoms with Crippen LogP contribution >= 0.6 is 7.60 Å². The van der Waals surface area contributed by atoms with Crippen LogP contribution in [0.25, 0.3) is 0 Å². The summed E-state index contributed by atoms with van der Waals surface area (Å²) in [6.07, 6.45) is 0.352. The third kappa shape index (κ3) is 2.04. The van der Waals surface area contributed by atoms with E-state index in [4.69, 9.17) is 18.5 Å². The molecule has 0 saturated heterocycles. The van der Waals surface area contributed by atoms with Gasteiger partial charge in [-0.2, -0.15) is 0 Å². The molecule has 0 radical (unpaired) electrons. The zero-order chi connectivity index (χ0) is 17.1. The Kier molecular flexibility index (Phi) is 3.33. The minimum atomic E-state index is -3.25. The van der Waals surface area contributed by atoms with Crippen LogP contribution in [-0.2, 0) is 4.57 Å². The fraction of sp³-hybridized carbons (Fsp3) is 0.333. The average molecular weight is 346 g/mol. The van der Waals surface area contributed by atoms with E-state index < -0.39 is 7.60 Å². The van der Waals surface area contributed by atoms with Gasteiger partial charge in [-0.25, -0.2) is 4.57 Å². The van der Waals surface area contributed by atoms with E-state index in [1.807, 2.05) is 38.1 Å². The monoisotopic (exact) mass is 346 g/mol. The lowest BCUT2D eigenvalue weighted by Gasteiger charge is -2.38. The van der Waals surface area contributed by atoms with Crippen molar-refractivity contribution in [2.45, 2.75) is 19.8 Å². The molecule has 6 heteroatoms. The molecule has 0 spiro atoms. The van der Waals surface area contributed by atoms with E-state index in [1.165, 1.54) is 0 Å². The van der Waals surface area contributed by atoms with E-state index in [-0.39, 0.29) is 5.92 Å². The van der Waals surface area contributed by atoms with Crippen molar-refractivity contribution >= 4 is 7.60 Å². The molecule has 0 atom stereocenters. The second-order valence-electron chi connectivity index (χ2n) is 6.15. The van der Waals surface area contributed by atoms with Crippen LogP contribution < -0.4 is 18.5 Å². The number of hydrogen-bond donors (Lipinski definition) is 0. The second kappa shape index (κ2) is 5.18. The van der Waals surface area contributed by atoms with Crippen molar-refractivity contribution in [3.63, 3.8) is 0 Å². The maximum absolute atomic E-state index is 13.2. The maximum Gasteiger partial charge on any atom is 0.431 e. The van der Waals surface area contributed by atoms with Crippen molar-refractivity contribution in [3.8, 4) is 23.0 Å². The topological polar surface area (TPSA) is 54.0 Å². The predicted molar refractivity (Wildman–Crippen MR) is 91.0 cm³/mol. The Morgan fingerprint density at radius 2 is 1.38 bits per heavy atom. The van der Waals surface area contributed by atoms with Gasteiger partial charge < -0.3 is 18.5 Å². The molecule has 4 rings (SSSR count). The Bertz CT molecular complexity index is 822. The molecule has 2 aliphatic heterocycles. The zero-order valence-corrected chi connectivity index (χ0v) is 15.0. The van der Waals surface area contributed by atoms with Crippen molar-refractivity contribution in [3.05, 3.63) is 46.5 Å². The molecule has 2 aliphatic rings. The van der Waals surface area contributed by atoms with Gasteiger partial charge in [0, 0.05) is 28.2 Å². The molecule has 0 aromatic heterocycles. The number of rotatable bonds is 2.